The zero-order chi connectivity index (χ0) is 13.2. The van der Waals surface area contributed by atoms with E-state index in [1.807, 2.05) is 36.4 Å². The van der Waals surface area contributed by atoms with Crippen molar-refractivity contribution in [2.45, 2.75) is 13.4 Å². The molecule has 3 nitrogen and oxygen atoms in total. The van der Waals surface area contributed by atoms with Crippen LogP contribution in [0.4, 0.5) is 0 Å². The highest BCUT2D eigenvalue weighted by Gasteiger charge is 2.23. The van der Waals surface area contributed by atoms with E-state index in [0.29, 0.717) is 6.61 Å². The highest BCUT2D eigenvalue weighted by molar-refractivity contribution is 6.67. The summed E-state index contributed by atoms with van der Waals surface area (Å²) in [5.41, 5.74) is 2.45. The third-order valence-electron chi connectivity index (χ3n) is 3.32. The lowest BCUT2D eigenvalue weighted by Crippen LogP contribution is -2.23. The lowest BCUT2D eigenvalue weighted by Gasteiger charge is -2.08. The van der Waals surface area contributed by atoms with Crippen molar-refractivity contribution in [1.82, 2.24) is 0 Å². The van der Waals surface area contributed by atoms with Gasteiger partial charge in [-0.05, 0) is 35.3 Å². The van der Waals surface area contributed by atoms with Crippen LogP contribution in [0.3, 0.4) is 0 Å². The van der Waals surface area contributed by atoms with E-state index in [1.165, 1.54) is 11.0 Å². The summed E-state index contributed by atoms with van der Waals surface area (Å²) in [4.78, 5) is 0. The Balaban J connectivity index is 1.83. The Kier molecular flexibility index (Phi) is 3.17. The minimum absolute atomic E-state index is 0.181. The van der Waals surface area contributed by atoms with Crippen LogP contribution in [-0.4, -0.2) is 14.0 Å². The summed E-state index contributed by atoms with van der Waals surface area (Å²) in [7, 11) is 1.65. The van der Waals surface area contributed by atoms with Gasteiger partial charge in [0.05, 0.1) is 13.7 Å². The first-order valence-corrected chi connectivity index (χ1v) is 6.32. The Labute approximate surface area is 113 Å². The van der Waals surface area contributed by atoms with Crippen LogP contribution in [0.1, 0.15) is 5.56 Å². The number of methoxy groups -OCH3 is 1. The Morgan fingerprint density at radius 2 is 1.84 bits per heavy atom. The average Bonchev–Trinajstić information content (AvgIpc) is 2.80. The van der Waals surface area contributed by atoms with Crippen LogP contribution in [0.25, 0.3) is 0 Å². The quantitative estimate of drug-likeness (QED) is 0.788. The van der Waals surface area contributed by atoms with Gasteiger partial charge in [-0.2, -0.15) is 0 Å². The van der Waals surface area contributed by atoms with Crippen molar-refractivity contribution >= 4 is 12.4 Å². The summed E-state index contributed by atoms with van der Waals surface area (Å²) < 4.78 is 16.6. The molecule has 96 valence electrons. The van der Waals surface area contributed by atoms with Crippen molar-refractivity contribution in [1.29, 1.82) is 0 Å². The first-order chi connectivity index (χ1) is 9.26. The molecule has 0 saturated heterocycles. The molecule has 0 N–H and O–H groups in total. The summed E-state index contributed by atoms with van der Waals surface area (Å²) in [6.45, 7) is 2.90. The van der Waals surface area contributed by atoms with Gasteiger partial charge in [-0.25, -0.2) is 0 Å². The summed E-state index contributed by atoms with van der Waals surface area (Å²) in [6.07, 6.45) is 0. The van der Waals surface area contributed by atoms with Gasteiger partial charge in [0.15, 0.2) is 0 Å². The second-order valence-corrected chi connectivity index (χ2v) is 4.59. The number of hydrogen-bond acceptors (Lipinski definition) is 3. The molecule has 0 aliphatic carbocycles. The molecule has 3 rings (SSSR count). The predicted molar refractivity (Wildman–Crippen MR) is 75.6 cm³/mol. The maximum Gasteiger partial charge on any atom is 0.324 e. The predicted octanol–water partition coefficient (Wildman–Crippen LogP) is 2.85. The fourth-order valence-electron chi connectivity index (χ4n) is 2.27. The fraction of sp³-hybridized carbons (Fsp3) is 0.200. The van der Waals surface area contributed by atoms with E-state index < -0.39 is 0 Å². The van der Waals surface area contributed by atoms with Crippen LogP contribution in [0.5, 0.6) is 17.2 Å². The molecule has 1 aliphatic rings. The van der Waals surface area contributed by atoms with Crippen molar-refractivity contribution in [3.05, 3.63) is 48.0 Å². The molecule has 2 aromatic carbocycles. The molecule has 0 aromatic heterocycles. The summed E-state index contributed by atoms with van der Waals surface area (Å²) in [5, 5.41) is 0. The molecular formula is C15H15BO3. The third kappa shape index (κ3) is 2.44. The van der Waals surface area contributed by atoms with E-state index in [2.05, 4.69) is 12.9 Å². The van der Waals surface area contributed by atoms with Crippen LogP contribution < -0.4 is 14.9 Å². The van der Waals surface area contributed by atoms with Crippen molar-refractivity contribution in [2.24, 2.45) is 0 Å². The number of rotatable bonds is 3. The van der Waals surface area contributed by atoms with Crippen molar-refractivity contribution in [2.75, 3.05) is 7.11 Å². The van der Waals surface area contributed by atoms with Gasteiger partial charge in [0, 0.05) is 6.07 Å². The Bertz CT molecular complexity index is 598. The molecule has 0 atom stereocenters. The summed E-state index contributed by atoms with van der Waals surface area (Å²) in [5.74, 6) is 2.38. The first-order valence-electron chi connectivity index (χ1n) is 6.32. The highest BCUT2D eigenvalue weighted by Crippen LogP contribution is 2.26. The maximum atomic E-state index is 5.85. The smallest absolute Gasteiger partial charge is 0.324 e. The molecule has 0 unspecified atom stereocenters. The van der Waals surface area contributed by atoms with Crippen LogP contribution in [0.15, 0.2) is 42.5 Å². The average molecular weight is 254 g/mol. The van der Waals surface area contributed by atoms with Gasteiger partial charge in [-0.1, -0.05) is 19.0 Å². The van der Waals surface area contributed by atoms with E-state index in [0.717, 1.165) is 17.2 Å². The zero-order valence-electron chi connectivity index (χ0n) is 11.1. The van der Waals surface area contributed by atoms with Gasteiger partial charge in [0.2, 0.25) is 0 Å². The monoisotopic (exact) mass is 254 g/mol. The molecule has 19 heavy (non-hydrogen) atoms. The molecule has 0 saturated carbocycles. The normalized spacial score (nSPS) is 13.3. The molecule has 4 heteroatoms. The van der Waals surface area contributed by atoms with Crippen LogP contribution in [0.2, 0.25) is 6.82 Å². The Morgan fingerprint density at radius 3 is 2.68 bits per heavy atom. The maximum absolute atomic E-state index is 5.85. The number of fused-ring (bicyclic) bond motifs is 1. The highest BCUT2D eigenvalue weighted by atomic mass is 16.5. The van der Waals surface area contributed by atoms with Crippen LogP contribution >= 0.6 is 0 Å². The van der Waals surface area contributed by atoms with E-state index in [4.69, 9.17) is 14.1 Å². The molecule has 1 aliphatic heterocycles. The standard InChI is InChI=1S/C15H15BO3/c1-16-15-7-6-14(8-11(15)10-18-16)19-13-5-3-4-12(9-13)17-2/h3-9H,10H2,1-2H3. The van der Waals surface area contributed by atoms with Gasteiger partial charge in [0.25, 0.3) is 0 Å². The van der Waals surface area contributed by atoms with E-state index in [9.17, 15) is 0 Å². The summed E-state index contributed by atoms with van der Waals surface area (Å²) in [6, 6.07) is 13.7. The topological polar surface area (TPSA) is 27.7 Å². The van der Waals surface area contributed by atoms with Crippen molar-refractivity contribution in [3.8, 4) is 17.2 Å². The third-order valence-corrected chi connectivity index (χ3v) is 3.32. The van der Waals surface area contributed by atoms with Gasteiger partial charge in [-0.3, -0.25) is 0 Å². The molecule has 2 aromatic rings. The molecule has 0 bridgehead atoms. The molecule has 0 radical (unpaired) electrons. The molecule has 0 spiro atoms. The van der Waals surface area contributed by atoms with Gasteiger partial charge >= 0.3 is 6.92 Å². The molecular weight excluding hydrogens is 239 g/mol. The minimum atomic E-state index is 0.181. The minimum Gasteiger partial charge on any atom is -0.497 e. The summed E-state index contributed by atoms with van der Waals surface area (Å²) >= 11 is 0. The fourth-order valence-corrected chi connectivity index (χ4v) is 2.27. The second kappa shape index (κ2) is 4.98. The second-order valence-electron chi connectivity index (χ2n) is 4.59. The SMILES string of the molecule is COc1cccc(Oc2ccc3c(c2)COB3C)c1. The van der Waals surface area contributed by atoms with Crippen molar-refractivity contribution in [3.63, 3.8) is 0 Å². The zero-order valence-corrected chi connectivity index (χ0v) is 11.1. The van der Waals surface area contributed by atoms with E-state index >= 15 is 0 Å². The van der Waals surface area contributed by atoms with Gasteiger partial charge in [0.1, 0.15) is 17.2 Å². The van der Waals surface area contributed by atoms with Crippen LogP contribution in [0, 0.1) is 0 Å². The van der Waals surface area contributed by atoms with Gasteiger partial charge in [-0.15, -0.1) is 0 Å². The van der Waals surface area contributed by atoms with Gasteiger partial charge < -0.3 is 14.1 Å². The first kappa shape index (κ1) is 12.1. The largest absolute Gasteiger partial charge is 0.497 e. The van der Waals surface area contributed by atoms with Crippen molar-refractivity contribution < 1.29 is 14.1 Å². The van der Waals surface area contributed by atoms with Crippen LogP contribution in [-0.2, 0) is 11.3 Å². The molecule has 0 amide bonds. The number of benzene rings is 2. The van der Waals surface area contributed by atoms with E-state index in [-0.39, 0.29) is 6.92 Å². The molecule has 0 fully saturated rings. The Morgan fingerprint density at radius 1 is 1.05 bits per heavy atom. The Hall–Kier alpha value is -1.94. The van der Waals surface area contributed by atoms with E-state index in [1.54, 1.807) is 7.11 Å². The number of ether oxygens (including phenoxy) is 2. The lowest BCUT2D eigenvalue weighted by molar-refractivity contribution is 0.333. The number of hydrogen-bond donors (Lipinski definition) is 0. The lowest BCUT2D eigenvalue weighted by atomic mass is 9.64. The molecule has 1 heterocycles.